The smallest absolute Gasteiger partial charge is 0.118 e. The van der Waals surface area contributed by atoms with Crippen LogP contribution in [0.4, 0.5) is 5.69 Å². The zero-order valence-electron chi connectivity index (χ0n) is 19.7. The van der Waals surface area contributed by atoms with Crippen molar-refractivity contribution in [1.82, 2.24) is 4.90 Å². The van der Waals surface area contributed by atoms with Crippen LogP contribution < -0.4 is 10.1 Å². The van der Waals surface area contributed by atoms with E-state index in [1.807, 2.05) is 12.1 Å². The maximum Gasteiger partial charge on any atom is 0.118 e. The van der Waals surface area contributed by atoms with Gasteiger partial charge in [0.2, 0.25) is 0 Å². The second kappa shape index (κ2) is 11.7. The Labute approximate surface area is 197 Å². The summed E-state index contributed by atoms with van der Waals surface area (Å²) < 4.78 is 10.8. The van der Waals surface area contributed by atoms with Crippen LogP contribution in [0.3, 0.4) is 0 Å². The van der Waals surface area contributed by atoms with Crippen LogP contribution in [0.5, 0.6) is 5.75 Å². The third-order valence-corrected chi connectivity index (χ3v) is 6.19. The van der Waals surface area contributed by atoms with E-state index in [9.17, 15) is 0 Å². The lowest BCUT2D eigenvalue weighted by atomic mass is 9.88. The van der Waals surface area contributed by atoms with Crippen LogP contribution in [0, 0.1) is 0 Å². The third kappa shape index (κ3) is 6.04. The number of allylic oxidation sites excluding steroid dienone is 1. The lowest BCUT2D eigenvalue weighted by molar-refractivity contribution is 0.0398. The highest BCUT2D eigenvalue weighted by Gasteiger charge is 2.13. The Kier molecular flexibility index (Phi) is 8.18. The summed E-state index contributed by atoms with van der Waals surface area (Å²) in [7, 11) is 1.71. The molecule has 0 bridgehead atoms. The van der Waals surface area contributed by atoms with E-state index in [1.54, 1.807) is 7.11 Å². The van der Waals surface area contributed by atoms with Crippen molar-refractivity contribution < 1.29 is 9.47 Å². The lowest BCUT2D eigenvalue weighted by Crippen LogP contribution is -2.38. The molecule has 1 fully saturated rings. The molecular formula is C29H34N2O2. The number of nitrogens with zero attached hydrogens (tertiary/aromatic N) is 1. The normalized spacial score (nSPS) is 15.1. The highest BCUT2D eigenvalue weighted by molar-refractivity contribution is 5.98. The molecule has 4 rings (SSSR count). The summed E-state index contributed by atoms with van der Waals surface area (Å²) in [5.74, 6) is 0.878. The molecule has 1 aliphatic rings. The van der Waals surface area contributed by atoms with E-state index in [0.29, 0.717) is 0 Å². The average molecular weight is 443 g/mol. The van der Waals surface area contributed by atoms with E-state index in [0.717, 1.165) is 57.3 Å². The summed E-state index contributed by atoms with van der Waals surface area (Å²) in [4.78, 5) is 2.45. The van der Waals surface area contributed by atoms with Gasteiger partial charge in [-0.3, -0.25) is 4.90 Å². The van der Waals surface area contributed by atoms with Crippen molar-refractivity contribution in [3.05, 3.63) is 95.6 Å². The van der Waals surface area contributed by atoms with Gasteiger partial charge < -0.3 is 14.8 Å². The van der Waals surface area contributed by atoms with Crippen LogP contribution in [0.2, 0.25) is 0 Å². The van der Waals surface area contributed by atoms with Crippen molar-refractivity contribution in [1.29, 1.82) is 0 Å². The first-order valence-corrected chi connectivity index (χ1v) is 11.9. The van der Waals surface area contributed by atoms with E-state index >= 15 is 0 Å². The summed E-state index contributed by atoms with van der Waals surface area (Å²) in [5.41, 5.74) is 7.46. The number of hydrogen-bond acceptors (Lipinski definition) is 4. The SMILES string of the molecule is CCC(=C(c1ccccc1)c1ccc(NCCN2CCOCC2)cc1)c1ccc(OC)cc1. The van der Waals surface area contributed by atoms with Crippen molar-refractivity contribution in [3.8, 4) is 5.75 Å². The Bertz CT molecular complexity index is 1020. The second-order valence-corrected chi connectivity index (χ2v) is 8.26. The average Bonchev–Trinajstić information content (AvgIpc) is 2.89. The van der Waals surface area contributed by atoms with Crippen LogP contribution in [-0.2, 0) is 4.74 Å². The van der Waals surface area contributed by atoms with Gasteiger partial charge in [-0.15, -0.1) is 0 Å². The van der Waals surface area contributed by atoms with Gasteiger partial charge in [0, 0.05) is 31.9 Å². The molecule has 4 heteroatoms. The summed E-state index contributed by atoms with van der Waals surface area (Å²) in [5, 5.41) is 3.57. The molecule has 172 valence electrons. The van der Waals surface area contributed by atoms with Gasteiger partial charge in [-0.05, 0) is 58.5 Å². The quantitative estimate of drug-likeness (QED) is 0.424. The van der Waals surface area contributed by atoms with Gasteiger partial charge >= 0.3 is 0 Å². The highest BCUT2D eigenvalue weighted by atomic mass is 16.5. The van der Waals surface area contributed by atoms with Crippen molar-refractivity contribution in [2.45, 2.75) is 13.3 Å². The van der Waals surface area contributed by atoms with Crippen molar-refractivity contribution >= 4 is 16.8 Å². The third-order valence-electron chi connectivity index (χ3n) is 6.19. The molecule has 0 atom stereocenters. The molecule has 3 aromatic rings. The number of ether oxygens (including phenoxy) is 2. The molecule has 1 aliphatic heterocycles. The number of rotatable bonds is 9. The molecule has 0 radical (unpaired) electrons. The zero-order chi connectivity index (χ0) is 22.9. The van der Waals surface area contributed by atoms with Gasteiger partial charge in [0.25, 0.3) is 0 Å². The monoisotopic (exact) mass is 442 g/mol. The fraction of sp³-hybridized carbons (Fsp3) is 0.310. The topological polar surface area (TPSA) is 33.7 Å². The second-order valence-electron chi connectivity index (χ2n) is 8.26. The van der Waals surface area contributed by atoms with E-state index in [2.05, 4.69) is 83.9 Å². The number of benzene rings is 3. The Morgan fingerprint density at radius 1 is 0.848 bits per heavy atom. The molecule has 3 aromatic carbocycles. The Hall–Kier alpha value is -3.08. The van der Waals surface area contributed by atoms with Crippen LogP contribution >= 0.6 is 0 Å². The molecule has 1 saturated heterocycles. The zero-order valence-corrected chi connectivity index (χ0v) is 19.7. The first-order valence-electron chi connectivity index (χ1n) is 11.9. The molecule has 0 spiro atoms. The Morgan fingerprint density at radius 3 is 2.12 bits per heavy atom. The molecule has 0 amide bonds. The fourth-order valence-electron chi connectivity index (χ4n) is 4.38. The minimum atomic E-state index is 0.844. The van der Waals surface area contributed by atoms with E-state index in [-0.39, 0.29) is 0 Å². The molecule has 0 saturated carbocycles. The summed E-state index contributed by atoms with van der Waals surface area (Å²) in [6.45, 7) is 7.94. The number of methoxy groups -OCH3 is 1. The Morgan fingerprint density at radius 2 is 1.48 bits per heavy atom. The van der Waals surface area contributed by atoms with Crippen molar-refractivity contribution in [2.24, 2.45) is 0 Å². The molecular weight excluding hydrogens is 408 g/mol. The van der Waals surface area contributed by atoms with E-state index in [4.69, 9.17) is 9.47 Å². The predicted molar refractivity (Wildman–Crippen MR) is 138 cm³/mol. The molecule has 0 unspecified atom stereocenters. The number of morpholine rings is 1. The maximum absolute atomic E-state index is 5.44. The van der Waals surface area contributed by atoms with Gasteiger partial charge in [0.05, 0.1) is 20.3 Å². The maximum atomic E-state index is 5.44. The van der Waals surface area contributed by atoms with Gasteiger partial charge in [-0.2, -0.15) is 0 Å². The van der Waals surface area contributed by atoms with Gasteiger partial charge in [0.1, 0.15) is 5.75 Å². The molecule has 1 heterocycles. The minimum Gasteiger partial charge on any atom is -0.497 e. The number of hydrogen-bond donors (Lipinski definition) is 1. The van der Waals surface area contributed by atoms with E-state index in [1.165, 1.54) is 27.8 Å². The Balaban J connectivity index is 1.58. The van der Waals surface area contributed by atoms with Crippen molar-refractivity contribution in [2.75, 3.05) is 51.8 Å². The number of anilines is 1. The largest absolute Gasteiger partial charge is 0.497 e. The highest BCUT2D eigenvalue weighted by Crippen LogP contribution is 2.35. The van der Waals surface area contributed by atoms with Gasteiger partial charge in [-0.25, -0.2) is 0 Å². The molecule has 0 aliphatic carbocycles. The summed E-state index contributed by atoms with van der Waals surface area (Å²) >= 11 is 0. The fourth-order valence-corrected chi connectivity index (χ4v) is 4.38. The van der Waals surface area contributed by atoms with Crippen LogP contribution in [0.15, 0.2) is 78.9 Å². The minimum absolute atomic E-state index is 0.844. The van der Waals surface area contributed by atoms with Crippen molar-refractivity contribution in [3.63, 3.8) is 0 Å². The number of nitrogens with one attached hydrogen (secondary N) is 1. The lowest BCUT2D eigenvalue weighted by Gasteiger charge is -2.26. The molecule has 0 aromatic heterocycles. The standard InChI is InChI=1S/C29H34N2O2/c1-3-28(23-11-15-27(32-2)16-12-23)29(24-7-5-4-6-8-24)25-9-13-26(14-10-25)30-17-18-31-19-21-33-22-20-31/h4-16,30H,3,17-22H2,1-2H3. The molecule has 1 N–H and O–H groups in total. The summed E-state index contributed by atoms with van der Waals surface area (Å²) in [6.07, 6.45) is 0.941. The van der Waals surface area contributed by atoms with Crippen LogP contribution in [0.25, 0.3) is 11.1 Å². The summed E-state index contributed by atoms with van der Waals surface area (Å²) in [6, 6.07) is 27.9. The van der Waals surface area contributed by atoms with Gasteiger partial charge in [0.15, 0.2) is 0 Å². The van der Waals surface area contributed by atoms with Crippen LogP contribution in [0.1, 0.15) is 30.0 Å². The van der Waals surface area contributed by atoms with Crippen LogP contribution in [-0.4, -0.2) is 51.4 Å². The molecule has 4 nitrogen and oxygen atoms in total. The molecule has 33 heavy (non-hydrogen) atoms. The first kappa shape index (κ1) is 23.1. The first-order chi connectivity index (χ1) is 16.3. The van der Waals surface area contributed by atoms with E-state index < -0.39 is 0 Å². The predicted octanol–water partition coefficient (Wildman–Crippen LogP) is 5.81. The van der Waals surface area contributed by atoms with Gasteiger partial charge in [-0.1, -0.05) is 61.5 Å².